The average Bonchev–Trinajstić information content (AvgIpc) is 2.89. The van der Waals surface area contributed by atoms with Crippen molar-refractivity contribution in [2.45, 2.75) is 6.92 Å². The third-order valence-electron chi connectivity index (χ3n) is 3.25. The highest BCUT2D eigenvalue weighted by Crippen LogP contribution is 2.16. The first-order chi connectivity index (χ1) is 9.74. The van der Waals surface area contributed by atoms with Gasteiger partial charge in [-0.1, -0.05) is 23.5 Å². The molecule has 0 aliphatic heterocycles. The fourth-order valence-corrected chi connectivity index (χ4v) is 2.82. The Labute approximate surface area is 124 Å². The summed E-state index contributed by atoms with van der Waals surface area (Å²) in [7, 11) is 2.05. The molecule has 1 heterocycles. The van der Waals surface area contributed by atoms with Gasteiger partial charge in [-0.2, -0.15) is 4.57 Å². The number of thiazole rings is 1. The minimum absolute atomic E-state index is 0.185. The van der Waals surface area contributed by atoms with Gasteiger partial charge in [0.05, 0.1) is 12.0 Å². The number of hydrogen-bond acceptors (Lipinski definition) is 3. The van der Waals surface area contributed by atoms with Gasteiger partial charge in [-0.25, -0.2) is 0 Å². The maximum atomic E-state index is 9.05. The molecule has 0 amide bonds. The van der Waals surface area contributed by atoms with Gasteiger partial charge in [0.25, 0.3) is 5.01 Å². The highest BCUT2D eigenvalue weighted by atomic mass is 32.1. The largest absolute Gasteiger partial charge is 0.395 e. The molecule has 1 N–H and O–H groups in total. The minimum Gasteiger partial charge on any atom is -0.395 e. The second-order valence-corrected chi connectivity index (χ2v) is 5.51. The van der Waals surface area contributed by atoms with Crippen molar-refractivity contribution < 1.29 is 9.67 Å². The van der Waals surface area contributed by atoms with Crippen molar-refractivity contribution in [3.63, 3.8) is 0 Å². The molecular formula is C16H21N2OS+. The SMILES string of the molecule is CCN(CCO)c1ccc(/C=C/c2scc[n+]2C)cc1. The molecule has 0 saturated carbocycles. The van der Waals surface area contributed by atoms with Gasteiger partial charge in [0, 0.05) is 24.9 Å². The highest BCUT2D eigenvalue weighted by Gasteiger charge is 2.04. The van der Waals surface area contributed by atoms with Crippen LogP contribution in [0.4, 0.5) is 5.69 Å². The van der Waals surface area contributed by atoms with Crippen LogP contribution in [0.1, 0.15) is 17.5 Å². The molecule has 0 atom stereocenters. The summed E-state index contributed by atoms with van der Waals surface area (Å²) in [5.74, 6) is 0. The molecular weight excluding hydrogens is 268 g/mol. The van der Waals surface area contributed by atoms with Crippen molar-refractivity contribution >= 4 is 29.2 Å². The number of aromatic nitrogens is 1. The molecule has 0 saturated heterocycles. The predicted octanol–water partition coefficient (Wildman–Crippen LogP) is 2.56. The van der Waals surface area contributed by atoms with Crippen LogP contribution < -0.4 is 9.47 Å². The van der Waals surface area contributed by atoms with Crippen molar-refractivity contribution in [3.8, 4) is 0 Å². The van der Waals surface area contributed by atoms with Crippen molar-refractivity contribution in [3.05, 3.63) is 46.4 Å². The second-order valence-electron chi connectivity index (χ2n) is 4.58. The van der Waals surface area contributed by atoms with Crippen LogP contribution in [0, 0.1) is 0 Å². The van der Waals surface area contributed by atoms with Gasteiger partial charge in [-0.05, 0) is 30.7 Å². The van der Waals surface area contributed by atoms with E-state index in [0.717, 1.165) is 12.2 Å². The summed E-state index contributed by atoms with van der Waals surface area (Å²) in [4.78, 5) is 2.16. The molecule has 4 heteroatoms. The Hall–Kier alpha value is -1.65. The lowest BCUT2D eigenvalue weighted by atomic mass is 10.2. The lowest BCUT2D eigenvalue weighted by Crippen LogP contribution is -2.26. The molecule has 3 nitrogen and oxygen atoms in total. The quantitative estimate of drug-likeness (QED) is 0.828. The number of nitrogens with zero attached hydrogens (tertiary/aromatic N) is 2. The number of hydrogen-bond donors (Lipinski definition) is 1. The third-order valence-corrected chi connectivity index (χ3v) is 4.17. The summed E-state index contributed by atoms with van der Waals surface area (Å²) in [5.41, 5.74) is 2.34. The highest BCUT2D eigenvalue weighted by molar-refractivity contribution is 7.10. The van der Waals surface area contributed by atoms with Gasteiger partial charge >= 0.3 is 0 Å². The summed E-state index contributed by atoms with van der Waals surface area (Å²) in [6, 6.07) is 8.43. The zero-order valence-corrected chi connectivity index (χ0v) is 12.8. The van der Waals surface area contributed by atoms with Crippen LogP contribution in [0.2, 0.25) is 0 Å². The van der Waals surface area contributed by atoms with E-state index in [1.165, 1.54) is 10.6 Å². The summed E-state index contributed by atoms with van der Waals surface area (Å²) in [6.07, 6.45) is 6.31. The zero-order chi connectivity index (χ0) is 14.4. The Morgan fingerprint density at radius 1 is 1.25 bits per heavy atom. The van der Waals surface area contributed by atoms with E-state index in [9.17, 15) is 0 Å². The van der Waals surface area contributed by atoms with Gasteiger partial charge < -0.3 is 10.0 Å². The van der Waals surface area contributed by atoms with Crippen LogP contribution in [0.3, 0.4) is 0 Å². The second kappa shape index (κ2) is 7.22. The predicted molar refractivity (Wildman–Crippen MR) is 85.8 cm³/mol. The monoisotopic (exact) mass is 289 g/mol. The standard InChI is InChI=1S/C16H21N2OS/c1-3-18(10-12-19)15-7-4-14(5-8-15)6-9-16-17(2)11-13-20-16/h4-9,11,13,19H,3,10,12H2,1-2H3/q+1. The van der Waals surface area contributed by atoms with Crippen LogP contribution in [0.5, 0.6) is 0 Å². The molecule has 0 aliphatic rings. The van der Waals surface area contributed by atoms with E-state index < -0.39 is 0 Å². The summed E-state index contributed by atoms with van der Waals surface area (Å²) in [5, 5.41) is 12.4. The molecule has 0 aliphatic carbocycles. The summed E-state index contributed by atoms with van der Waals surface area (Å²) in [6.45, 7) is 3.86. The Kier molecular flexibility index (Phi) is 5.32. The first-order valence-corrected chi connectivity index (χ1v) is 7.69. The third kappa shape index (κ3) is 3.68. The molecule has 2 rings (SSSR count). The van der Waals surface area contributed by atoms with E-state index in [4.69, 9.17) is 5.11 Å². The van der Waals surface area contributed by atoms with Crippen LogP contribution in [-0.4, -0.2) is 24.8 Å². The van der Waals surface area contributed by atoms with Crippen molar-refractivity contribution in [2.75, 3.05) is 24.6 Å². The average molecular weight is 289 g/mol. The maximum Gasteiger partial charge on any atom is 0.261 e. The smallest absolute Gasteiger partial charge is 0.261 e. The van der Waals surface area contributed by atoms with Crippen LogP contribution in [0.15, 0.2) is 35.8 Å². The van der Waals surface area contributed by atoms with Gasteiger partial charge in [0.15, 0.2) is 6.20 Å². The van der Waals surface area contributed by atoms with E-state index in [0.29, 0.717) is 6.54 Å². The van der Waals surface area contributed by atoms with E-state index in [1.807, 2.05) is 7.05 Å². The topological polar surface area (TPSA) is 27.3 Å². The van der Waals surface area contributed by atoms with Gasteiger partial charge in [0.2, 0.25) is 0 Å². The number of likely N-dealkylation sites (N-methyl/N-ethyl adjacent to an activating group) is 1. The van der Waals surface area contributed by atoms with E-state index >= 15 is 0 Å². The zero-order valence-electron chi connectivity index (χ0n) is 12.0. The molecule has 0 spiro atoms. The Morgan fingerprint density at radius 2 is 2.00 bits per heavy atom. The lowest BCUT2D eigenvalue weighted by Gasteiger charge is -2.21. The van der Waals surface area contributed by atoms with Crippen molar-refractivity contribution in [1.29, 1.82) is 0 Å². The number of benzene rings is 1. The molecule has 0 fully saturated rings. The van der Waals surface area contributed by atoms with Crippen molar-refractivity contribution in [2.24, 2.45) is 7.05 Å². The molecule has 20 heavy (non-hydrogen) atoms. The Bertz CT molecular complexity index is 560. The van der Waals surface area contributed by atoms with E-state index in [2.05, 4.69) is 64.4 Å². The lowest BCUT2D eigenvalue weighted by molar-refractivity contribution is -0.668. The van der Waals surface area contributed by atoms with E-state index in [-0.39, 0.29) is 6.61 Å². The van der Waals surface area contributed by atoms with Gasteiger partial charge in [-0.15, -0.1) is 0 Å². The number of aliphatic hydroxyl groups excluding tert-OH is 1. The molecule has 1 aromatic carbocycles. The van der Waals surface area contributed by atoms with E-state index in [1.54, 1.807) is 11.3 Å². The first-order valence-electron chi connectivity index (χ1n) is 6.81. The summed E-state index contributed by atoms with van der Waals surface area (Å²) < 4.78 is 2.11. The molecule has 1 aromatic heterocycles. The number of anilines is 1. The molecule has 0 radical (unpaired) electrons. The number of rotatable bonds is 6. The molecule has 106 valence electrons. The normalized spacial score (nSPS) is 11.2. The van der Waals surface area contributed by atoms with Crippen LogP contribution in [-0.2, 0) is 7.05 Å². The minimum atomic E-state index is 0.185. The number of aliphatic hydroxyl groups is 1. The van der Waals surface area contributed by atoms with Gasteiger partial charge in [0.1, 0.15) is 7.05 Å². The molecule has 0 bridgehead atoms. The Morgan fingerprint density at radius 3 is 2.55 bits per heavy atom. The molecule has 0 unspecified atom stereocenters. The first kappa shape index (κ1) is 14.8. The molecule has 2 aromatic rings. The number of aryl methyl sites for hydroxylation is 1. The van der Waals surface area contributed by atoms with Crippen molar-refractivity contribution in [1.82, 2.24) is 0 Å². The maximum absolute atomic E-state index is 9.05. The summed E-state index contributed by atoms with van der Waals surface area (Å²) >= 11 is 1.73. The van der Waals surface area contributed by atoms with Crippen LogP contribution in [0.25, 0.3) is 12.2 Å². The fourth-order valence-electron chi connectivity index (χ4n) is 2.06. The van der Waals surface area contributed by atoms with Gasteiger partial charge in [-0.3, -0.25) is 0 Å². The Balaban J connectivity index is 2.08. The fraction of sp³-hybridized carbons (Fsp3) is 0.312. The van der Waals surface area contributed by atoms with Crippen LogP contribution >= 0.6 is 11.3 Å².